The molecule has 1 aromatic carbocycles. The van der Waals surface area contributed by atoms with Crippen LogP contribution in [0.5, 0.6) is 0 Å². The second-order valence-electron chi connectivity index (χ2n) is 6.09. The van der Waals surface area contributed by atoms with E-state index in [1.54, 1.807) is 7.05 Å². The van der Waals surface area contributed by atoms with Gasteiger partial charge in [-0.1, -0.05) is 24.3 Å². The predicted molar refractivity (Wildman–Crippen MR) is 120 cm³/mol. The van der Waals surface area contributed by atoms with Crippen LogP contribution in [0, 0.1) is 0 Å². The largest absolute Gasteiger partial charge is 0.355 e. The fourth-order valence-electron chi connectivity index (χ4n) is 2.96. The molecule has 2 rings (SSSR count). The summed E-state index contributed by atoms with van der Waals surface area (Å²) in [6.07, 6.45) is 4.61. The summed E-state index contributed by atoms with van der Waals surface area (Å²) < 4.78 is 26.9. The molecule has 1 aromatic rings. The lowest BCUT2D eigenvalue weighted by molar-refractivity contribution is 0.471. The van der Waals surface area contributed by atoms with Crippen molar-refractivity contribution < 1.29 is 8.42 Å². The molecule has 0 aliphatic carbocycles. The van der Waals surface area contributed by atoms with Gasteiger partial charge in [-0.15, -0.1) is 30.6 Å². The molecule has 6 nitrogen and oxygen atoms in total. The van der Waals surface area contributed by atoms with Gasteiger partial charge in [-0.05, 0) is 30.9 Å². The number of hydrogen-bond acceptors (Lipinski definition) is 3. The molecule has 0 aromatic heterocycles. The number of halogens is 1. The van der Waals surface area contributed by atoms with Crippen molar-refractivity contribution in [1.82, 2.24) is 10.2 Å². The minimum absolute atomic E-state index is 0. The number of fused-ring (bicyclic) bond motifs is 1. The first-order valence-corrected chi connectivity index (χ1v) is 10.2. The van der Waals surface area contributed by atoms with Crippen molar-refractivity contribution in [3.63, 3.8) is 0 Å². The SMILES string of the molecule is C=CCCCN(C)C(=NC)NCCS(=O)(=O)N1CCc2ccccc21.I. The molecule has 0 bridgehead atoms. The van der Waals surface area contributed by atoms with Gasteiger partial charge in [-0.2, -0.15) is 0 Å². The van der Waals surface area contributed by atoms with E-state index in [1.165, 1.54) is 4.31 Å². The smallest absolute Gasteiger partial charge is 0.236 e. The summed E-state index contributed by atoms with van der Waals surface area (Å²) in [6, 6.07) is 7.69. The van der Waals surface area contributed by atoms with Crippen LogP contribution in [0.3, 0.4) is 0 Å². The fraction of sp³-hybridized carbons (Fsp3) is 0.500. The van der Waals surface area contributed by atoms with Crippen LogP contribution in [0.2, 0.25) is 0 Å². The van der Waals surface area contributed by atoms with Gasteiger partial charge < -0.3 is 10.2 Å². The Hall–Kier alpha value is -1.29. The summed E-state index contributed by atoms with van der Waals surface area (Å²) in [7, 11) is 0.314. The Kier molecular flexibility index (Phi) is 9.42. The van der Waals surface area contributed by atoms with Crippen LogP contribution in [-0.2, 0) is 16.4 Å². The predicted octanol–water partition coefficient (Wildman–Crippen LogP) is 2.47. The number of guanidine groups is 1. The first kappa shape index (κ1) is 22.8. The molecular formula is C18H29IN4O2S. The van der Waals surface area contributed by atoms with Crippen molar-refractivity contribution in [3.05, 3.63) is 42.5 Å². The topological polar surface area (TPSA) is 65.0 Å². The molecule has 0 fully saturated rings. The zero-order chi connectivity index (χ0) is 18.3. The number of benzene rings is 1. The van der Waals surface area contributed by atoms with Crippen LogP contribution in [0.15, 0.2) is 41.9 Å². The molecule has 1 aliphatic heterocycles. The van der Waals surface area contributed by atoms with Crippen molar-refractivity contribution in [2.45, 2.75) is 19.3 Å². The molecule has 0 atom stereocenters. The molecule has 0 saturated heterocycles. The Morgan fingerprint density at radius 1 is 1.42 bits per heavy atom. The van der Waals surface area contributed by atoms with Gasteiger partial charge in [0.25, 0.3) is 0 Å². The normalized spacial score (nSPS) is 13.8. The Labute approximate surface area is 174 Å². The third-order valence-electron chi connectivity index (χ3n) is 4.30. The second-order valence-corrected chi connectivity index (χ2v) is 8.11. The average Bonchev–Trinajstić information content (AvgIpc) is 3.04. The minimum atomic E-state index is -3.34. The Balaban J connectivity index is 0.00000338. The number of nitrogens with zero attached hydrogens (tertiary/aromatic N) is 3. The van der Waals surface area contributed by atoms with Gasteiger partial charge in [0.2, 0.25) is 10.0 Å². The number of anilines is 1. The molecule has 0 saturated carbocycles. The van der Waals surface area contributed by atoms with Crippen molar-refractivity contribution in [2.24, 2.45) is 4.99 Å². The highest BCUT2D eigenvalue weighted by atomic mass is 127. The van der Waals surface area contributed by atoms with E-state index in [-0.39, 0.29) is 29.7 Å². The lowest BCUT2D eigenvalue weighted by Crippen LogP contribution is -2.43. The average molecular weight is 492 g/mol. The standard InChI is InChI=1S/C18H28N4O2S.HI/c1-4-5-8-13-21(3)18(19-2)20-12-15-25(23,24)22-14-11-16-9-6-7-10-17(16)22;/h4,6-7,9-10H,1,5,8,11-15H2,2-3H3,(H,19,20);1H. The van der Waals surface area contributed by atoms with Gasteiger partial charge in [-0.3, -0.25) is 9.30 Å². The van der Waals surface area contributed by atoms with Gasteiger partial charge in [-0.25, -0.2) is 8.42 Å². The summed E-state index contributed by atoms with van der Waals surface area (Å²) in [6.45, 7) is 5.42. The van der Waals surface area contributed by atoms with Crippen LogP contribution < -0.4 is 9.62 Å². The van der Waals surface area contributed by atoms with E-state index in [1.807, 2.05) is 42.3 Å². The van der Waals surface area contributed by atoms with E-state index < -0.39 is 10.0 Å². The first-order valence-electron chi connectivity index (χ1n) is 8.60. The molecule has 0 radical (unpaired) electrons. The van der Waals surface area contributed by atoms with Crippen molar-refractivity contribution in [3.8, 4) is 0 Å². The van der Waals surface area contributed by atoms with Crippen LogP contribution in [0.1, 0.15) is 18.4 Å². The number of sulfonamides is 1. The minimum Gasteiger partial charge on any atom is -0.355 e. The van der Waals surface area contributed by atoms with Gasteiger partial charge in [0.05, 0.1) is 11.4 Å². The van der Waals surface area contributed by atoms with E-state index in [0.29, 0.717) is 19.0 Å². The maximum Gasteiger partial charge on any atom is 0.236 e. The number of para-hydroxylation sites is 1. The first-order chi connectivity index (χ1) is 12.0. The lowest BCUT2D eigenvalue weighted by Gasteiger charge is -2.23. The van der Waals surface area contributed by atoms with Gasteiger partial charge in [0.1, 0.15) is 0 Å². The number of nitrogens with one attached hydrogen (secondary N) is 1. The lowest BCUT2D eigenvalue weighted by atomic mass is 10.2. The van der Waals surface area contributed by atoms with Crippen LogP contribution >= 0.6 is 24.0 Å². The van der Waals surface area contributed by atoms with E-state index in [2.05, 4.69) is 16.9 Å². The molecule has 1 heterocycles. The van der Waals surface area contributed by atoms with E-state index >= 15 is 0 Å². The summed E-state index contributed by atoms with van der Waals surface area (Å²) in [5.74, 6) is 0.752. The van der Waals surface area contributed by atoms with Crippen molar-refractivity contribution in [1.29, 1.82) is 0 Å². The van der Waals surface area contributed by atoms with Gasteiger partial charge >= 0.3 is 0 Å². The maximum absolute atomic E-state index is 12.7. The van der Waals surface area contributed by atoms with E-state index in [0.717, 1.165) is 37.1 Å². The quantitative estimate of drug-likeness (QED) is 0.199. The number of hydrogen-bond donors (Lipinski definition) is 1. The molecular weight excluding hydrogens is 463 g/mol. The maximum atomic E-state index is 12.7. The molecule has 26 heavy (non-hydrogen) atoms. The third kappa shape index (κ3) is 5.87. The highest BCUT2D eigenvalue weighted by Gasteiger charge is 2.28. The highest BCUT2D eigenvalue weighted by Crippen LogP contribution is 2.29. The zero-order valence-corrected chi connectivity index (χ0v) is 18.7. The number of rotatable bonds is 8. The van der Waals surface area contributed by atoms with Gasteiger partial charge in [0.15, 0.2) is 5.96 Å². The Bertz CT molecular complexity index is 722. The fourth-order valence-corrected chi connectivity index (χ4v) is 4.39. The molecule has 0 amide bonds. The van der Waals surface area contributed by atoms with Crippen molar-refractivity contribution >= 4 is 45.6 Å². The summed E-state index contributed by atoms with van der Waals surface area (Å²) >= 11 is 0. The van der Waals surface area contributed by atoms with E-state index in [4.69, 9.17) is 0 Å². The third-order valence-corrected chi connectivity index (χ3v) is 6.07. The number of unbranched alkanes of at least 4 members (excludes halogenated alkanes) is 1. The monoisotopic (exact) mass is 492 g/mol. The molecule has 8 heteroatoms. The molecule has 146 valence electrons. The van der Waals surface area contributed by atoms with Crippen LogP contribution in [-0.4, -0.2) is 58.8 Å². The number of aliphatic imine (C=N–C) groups is 1. The van der Waals surface area contributed by atoms with Crippen LogP contribution in [0.25, 0.3) is 0 Å². The zero-order valence-electron chi connectivity index (χ0n) is 15.5. The molecule has 0 spiro atoms. The van der Waals surface area contributed by atoms with Crippen LogP contribution in [0.4, 0.5) is 5.69 Å². The summed E-state index contributed by atoms with van der Waals surface area (Å²) in [5, 5.41) is 3.14. The number of allylic oxidation sites excluding steroid dienone is 1. The summed E-state index contributed by atoms with van der Waals surface area (Å²) in [5.41, 5.74) is 1.91. The molecule has 1 aliphatic rings. The summed E-state index contributed by atoms with van der Waals surface area (Å²) in [4.78, 5) is 6.22. The van der Waals surface area contributed by atoms with Crippen molar-refractivity contribution in [2.75, 3.05) is 43.8 Å². The van der Waals surface area contributed by atoms with E-state index in [9.17, 15) is 8.42 Å². The highest BCUT2D eigenvalue weighted by molar-refractivity contribution is 14.0. The van der Waals surface area contributed by atoms with Gasteiger partial charge in [0, 0.05) is 33.7 Å². The molecule has 0 unspecified atom stereocenters. The Morgan fingerprint density at radius 3 is 2.85 bits per heavy atom. The second kappa shape index (κ2) is 10.8. The molecule has 1 N–H and O–H groups in total. The Morgan fingerprint density at radius 2 is 2.15 bits per heavy atom.